The number of hydrogen-bond acceptors (Lipinski definition) is 3. The molecule has 0 aliphatic heterocycles. The van der Waals surface area contributed by atoms with Gasteiger partial charge in [-0.1, -0.05) is 17.7 Å². The molecule has 0 amide bonds. The molecule has 2 rings (SSSR count). The Morgan fingerprint density at radius 3 is 2.21 bits per heavy atom. The lowest BCUT2D eigenvalue weighted by atomic mass is 10.0. The SMILES string of the molecule is Cl.NC(c1ccc(OC(F)(F)F)c(Cl)c1)c1cnn(C(F)(F)F)c1. The topological polar surface area (TPSA) is 53.1 Å². The van der Waals surface area contributed by atoms with E-state index in [2.05, 4.69) is 9.84 Å². The third-order valence-electron chi connectivity index (χ3n) is 2.76. The molecule has 0 fully saturated rings. The van der Waals surface area contributed by atoms with Gasteiger partial charge in [0.15, 0.2) is 0 Å². The van der Waals surface area contributed by atoms with E-state index in [1.54, 1.807) is 0 Å². The molecule has 0 spiro atoms. The van der Waals surface area contributed by atoms with E-state index in [1.165, 1.54) is 6.07 Å². The van der Waals surface area contributed by atoms with Crippen LogP contribution in [0.25, 0.3) is 0 Å². The zero-order valence-electron chi connectivity index (χ0n) is 11.4. The Morgan fingerprint density at radius 1 is 1.12 bits per heavy atom. The Balaban J connectivity index is 0.00000288. The van der Waals surface area contributed by atoms with Gasteiger partial charge in [0.1, 0.15) is 5.75 Å². The Hall–Kier alpha value is -1.65. The van der Waals surface area contributed by atoms with E-state index in [-0.39, 0.29) is 33.2 Å². The number of ether oxygens (including phenoxy) is 1. The minimum absolute atomic E-state index is 0. The summed E-state index contributed by atoms with van der Waals surface area (Å²) in [7, 11) is 0. The maximum atomic E-state index is 12.5. The van der Waals surface area contributed by atoms with Crippen LogP contribution in [0.15, 0.2) is 30.6 Å². The van der Waals surface area contributed by atoms with Gasteiger partial charge in [-0.2, -0.15) is 9.78 Å². The fourth-order valence-corrected chi connectivity index (χ4v) is 1.97. The minimum Gasteiger partial charge on any atom is -0.404 e. The van der Waals surface area contributed by atoms with E-state index in [0.29, 0.717) is 6.20 Å². The van der Waals surface area contributed by atoms with Gasteiger partial charge in [-0.05, 0) is 17.7 Å². The minimum atomic E-state index is -4.92. The van der Waals surface area contributed by atoms with E-state index < -0.39 is 24.5 Å². The van der Waals surface area contributed by atoms with Gasteiger partial charge in [-0.25, -0.2) is 0 Å². The average Bonchev–Trinajstić information content (AvgIpc) is 2.88. The van der Waals surface area contributed by atoms with Gasteiger partial charge in [0.25, 0.3) is 0 Å². The summed E-state index contributed by atoms with van der Waals surface area (Å²) in [6.45, 7) is 0. The maximum absolute atomic E-state index is 12.5. The predicted molar refractivity (Wildman–Crippen MR) is 74.9 cm³/mol. The highest BCUT2D eigenvalue weighted by Gasteiger charge is 2.33. The van der Waals surface area contributed by atoms with Crippen molar-refractivity contribution >= 4 is 24.0 Å². The van der Waals surface area contributed by atoms with Crippen LogP contribution in [0, 0.1) is 0 Å². The van der Waals surface area contributed by atoms with Crippen LogP contribution in [0.3, 0.4) is 0 Å². The molecule has 0 aliphatic carbocycles. The first-order valence-corrected chi connectivity index (χ1v) is 6.28. The molecule has 0 bridgehead atoms. The smallest absolute Gasteiger partial charge is 0.404 e. The predicted octanol–water partition coefficient (Wildman–Crippen LogP) is 4.38. The van der Waals surface area contributed by atoms with Gasteiger partial charge in [0, 0.05) is 11.8 Å². The lowest BCUT2D eigenvalue weighted by molar-refractivity contribution is -0.274. The van der Waals surface area contributed by atoms with E-state index >= 15 is 0 Å². The summed E-state index contributed by atoms with van der Waals surface area (Å²) in [5, 5.41) is 2.75. The first-order chi connectivity index (χ1) is 10.5. The first kappa shape index (κ1) is 20.4. The Kier molecular flexibility index (Phi) is 6.01. The molecule has 12 heteroatoms. The van der Waals surface area contributed by atoms with Crippen molar-refractivity contribution in [2.24, 2.45) is 5.73 Å². The molecule has 24 heavy (non-hydrogen) atoms. The molecule has 0 saturated heterocycles. The van der Waals surface area contributed by atoms with E-state index in [4.69, 9.17) is 17.3 Å². The Morgan fingerprint density at radius 2 is 1.75 bits per heavy atom. The quantitative estimate of drug-likeness (QED) is 0.784. The number of nitrogens with zero attached hydrogens (tertiary/aromatic N) is 2. The van der Waals surface area contributed by atoms with Crippen molar-refractivity contribution in [3.63, 3.8) is 0 Å². The van der Waals surface area contributed by atoms with Crippen molar-refractivity contribution in [1.29, 1.82) is 0 Å². The molecular weight excluding hydrogens is 387 g/mol. The molecule has 0 radical (unpaired) electrons. The Labute approximate surface area is 142 Å². The third-order valence-corrected chi connectivity index (χ3v) is 3.06. The standard InChI is InChI=1S/C12H8ClF6N3O.ClH/c13-8-3-6(1-2-9(8)23-12(17,18)19)10(20)7-4-21-22(5-7)11(14,15)16;/h1-5,10H,20H2;1H. The maximum Gasteiger partial charge on any atom is 0.573 e. The number of halogens is 8. The van der Waals surface area contributed by atoms with Crippen LogP contribution in [0.1, 0.15) is 17.2 Å². The average molecular weight is 396 g/mol. The van der Waals surface area contributed by atoms with Crippen LogP contribution >= 0.6 is 24.0 Å². The highest BCUT2D eigenvalue weighted by atomic mass is 35.5. The molecule has 134 valence electrons. The van der Waals surface area contributed by atoms with Gasteiger partial charge < -0.3 is 10.5 Å². The van der Waals surface area contributed by atoms with Gasteiger partial charge >= 0.3 is 12.7 Å². The van der Waals surface area contributed by atoms with Crippen molar-refractivity contribution in [3.8, 4) is 5.75 Å². The molecule has 0 saturated carbocycles. The second-order valence-corrected chi connectivity index (χ2v) is 4.81. The summed E-state index contributed by atoms with van der Waals surface area (Å²) >= 11 is 5.66. The molecule has 2 aromatic rings. The summed E-state index contributed by atoms with van der Waals surface area (Å²) in [6.07, 6.45) is -8.02. The van der Waals surface area contributed by atoms with E-state index in [9.17, 15) is 26.3 Å². The van der Waals surface area contributed by atoms with Gasteiger partial charge in [-0.15, -0.1) is 38.7 Å². The van der Waals surface area contributed by atoms with Crippen molar-refractivity contribution in [1.82, 2.24) is 9.78 Å². The van der Waals surface area contributed by atoms with Crippen LogP contribution in [0.4, 0.5) is 26.3 Å². The largest absolute Gasteiger partial charge is 0.573 e. The van der Waals surface area contributed by atoms with Crippen LogP contribution in [0.2, 0.25) is 5.02 Å². The van der Waals surface area contributed by atoms with Gasteiger partial charge in [-0.3, -0.25) is 0 Å². The van der Waals surface area contributed by atoms with Crippen LogP contribution in [-0.4, -0.2) is 16.1 Å². The molecule has 1 heterocycles. The monoisotopic (exact) mass is 395 g/mol. The molecule has 1 aromatic carbocycles. The summed E-state index contributed by atoms with van der Waals surface area (Å²) in [5.74, 6) is -0.638. The molecule has 1 aromatic heterocycles. The first-order valence-electron chi connectivity index (χ1n) is 5.90. The van der Waals surface area contributed by atoms with Crippen LogP contribution < -0.4 is 10.5 Å². The molecule has 0 aliphatic rings. The van der Waals surface area contributed by atoms with Crippen molar-refractivity contribution in [2.75, 3.05) is 0 Å². The number of alkyl halides is 6. The number of benzene rings is 1. The van der Waals surface area contributed by atoms with Crippen LogP contribution in [-0.2, 0) is 6.30 Å². The third kappa shape index (κ3) is 4.92. The second kappa shape index (κ2) is 7.08. The zero-order chi connectivity index (χ0) is 17.4. The summed E-state index contributed by atoms with van der Waals surface area (Å²) in [6, 6.07) is 2.13. The molecule has 1 atom stereocenters. The van der Waals surface area contributed by atoms with E-state index in [1.807, 2.05) is 0 Å². The summed E-state index contributed by atoms with van der Waals surface area (Å²) in [5.41, 5.74) is 5.99. The fraction of sp³-hybridized carbons (Fsp3) is 0.250. The number of rotatable bonds is 3. The number of hydrogen-bond donors (Lipinski definition) is 1. The number of aromatic nitrogens is 2. The lowest BCUT2D eigenvalue weighted by Gasteiger charge is -2.14. The summed E-state index contributed by atoms with van der Waals surface area (Å²) < 4.78 is 77.2. The van der Waals surface area contributed by atoms with Crippen molar-refractivity contribution in [3.05, 3.63) is 46.7 Å². The second-order valence-electron chi connectivity index (χ2n) is 4.40. The van der Waals surface area contributed by atoms with Crippen molar-refractivity contribution < 1.29 is 31.1 Å². The summed E-state index contributed by atoms with van der Waals surface area (Å²) in [4.78, 5) is 0. The van der Waals surface area contributed by atoms with Crippen LogP contribution in [0.5, 0.6) is 5.75 Å². The zero-order valence-corrected chi connectivity index (χ0v) is 13.0. The fourth-order valence-electron chi connectivity index (χ4n) is 1.75. The number of nitrogens with two attached hydrogens (primary N) is 1. The van der Waals surface area contributed by atoms with Crippen molar-refractivity contribution in [2.45, 2.75) is 18.7 Å². The normalized spacial score (nSPS) is 13.3. The van der Waals surface area contributed by atoms with Gasteiger partial charge in [0.2, 0.25) is 0 Å². The van der Waals surface area contributed by atoms with E-state index in [0.717, 1.165) is 18.3 Å². The molecule has 1 unspecified atom stereocenters. The Bertz CT molecular complexity index is 701. The molecule has 2 N–H and O–H groups in total. The van der Waals surface area contributed by atoms with Gasteiger partial charge in [0.05, 0.1) is 17.3 Å². The highest BCUT2D eigenvalue weighted by molar-refractivity contribution is 6.32. The lowest BCUT2D eigenvalue weighted by Crippen LogP contribution is -2.18. The molecule has 4 nitrogen and oxygen atoms in total. The molecular formula is C12H9Cl2F6N3O. The highest BCUT2D eigenvalue weighted by Crippen LogP contribution is 2.33.